The van der Waals surface area contributed by atoms with Crippen molar-refractivity contribution in [1.29, 1.82) is 0 Å². The topological polar surface area (TPSA) is 90.1 Å². The Hall–Kier alpha value is -2.28. The summed E-state index contributed by atoms with van der Waals surface area (Å²) in [7, 11) is 0. The van der Waals surface area contributed by atoms with Crippen molar-refractivity contribution in [3.05, 3.63) is 35.0 Å². The van der Waals surface area contributed by atoms with Gasteiger partial charge in [-0.1, -0.05) is 0 Å². The first-order valence-electron chi connectivity index (χ1n) is 7.31. The molecule has 0 amide bonds. The lowest BCUT2D eigenvalue weighted by molar-refractivity contribution is 0.0363. The van der Waals surface area contributed by atoms with Crippen molar-refractivity contribution in [3.63, 3.8) is 0 Å². The number of rotatable bonds is 2. The fraction of sp³-hybridized carbons (Fsp3) is 0.467. The second-order valence-corrected chi connectivity index (χ2v) is 5.52. The van der Waals surface area contributed by atoms with E-state index in [1.807, 2.05) is 26.8 Å². The van der Waals surface area contributed by atoms with Crippen LogP contribution < -0.4 is 10.6 Å². The molecule has 0 aliphatic carbocycles. The predicted molar refractivity (Wildman–Crippen MR) is 83.6 cm³/mol. The summed E-state index contributed by atoms with van der Waals surface area (Å²) < 4.78 is 5.84. The molecule has 22 heavy (non-hydrogen) atoms. The van der Waals surface area contributed by atoms with E-state index in [0.29, 0.717) is 24.8 Å². The molecule has 1 fully saturated rings. The highest BCUT2D eigenvalue weighted by Gasteiger charge is 2.25. The number of ether oxygens (including phenoxy) is 1. The van der Waals surface area contributed by atoms with Gasteiger partial charge in [0.2, 0.25) is 5.95 Å². The van der Waals surface area contributed by atoms with Gasteiger partial charge in [-0.05, 0) is 26.8 Å². The summed E-state index contributed by atoms with van der Waals surface area (Å²) in [6, 6.07) is 3.74. The van der Waals surface area contributed by atoms with Gasteiger partial charge in [-0.15, -0.1) is 0 Å². The molecule has 0 aromatic carbocycles. The Morgan fingerprint density at radius 1 is 1.09 bits per heavy atom. The van der Waals surface area contributed by atoms with Crippen LogP contribution in [-0.4, -0.2) is 39.6 Å². The number of aromatic nitrogens is 4. The first-order chi connectivity index (χ1) is 10.5. The second kappa shape index (κ2) is 5.84. The van der Waals surface area contributed by atoms with Gasteiger partial charge >= 0.3 is 0 Å². The van der Waals surface area contributed by atoms with E-state index in [4.69, 9.17) is 10.5 Å². The highest BCUT2D eigenvalue weighted by atomic mass is 16.5. The average molecular weight is 300 g/mol. The van der Waals surface area contributed by atoms with Crippen LogP contribution in [-0.2, 0) is 4.74 Å². The molecule has 3 heterocycles. The maximum Gasteiger partial charge on any atom is 0.225 e. The fourth-order valence-corrected chi connectivity index (χ4v) is 2.64. The molecular formula is C15H20N6O. The maximum absolute atomic E-state index is 5.84. The molecule has 0 saturated carbocycles. The number of aryl methyl sites for hydroxylation is 3. The van der Waals surface area contributed by atoms with Crippen molar-refractivity contribution in [2.75, 3.05) is 30.3 Å². The van der Waals surface area contributed by atoms with Crippen LogP contribution in [0.5, 0.6) is 0 Å². The van der Waals surface area contributed by atoms with E-state index < -0.39 is 0 Å². The van der Waals surface area contributed by atoms with Crippen molar-refractivity contribution < 1.29 is 4.74 Å². The molecule has 1 aliphatic rings. The molecule has 1 aliphatic heterocycles. The van der Waals surface area contributed by atoms with Crippen molar-refractivity contribution in [3.8, 4) is 0 Å². The molecule has 2 N–H and O–H groups in total. The Bertz CT molecular complexity index is 592. The van der Waals surface area contributed by atoms with E-state index in [2.05, 4.69) is 24.8 Å². The fourth-order valence-electron chi connectivity index (χ4n) is 2.64. The average Bonchev–Trinajstić information content (AvgIpc) is 2.45. The highest BCUT2D eigenvalue weighted by molar-refractivity contribution is 5.35. The third-order valence-electron chi connectivity index (χ3n) is 3.53. The molecular weight excluding hydrogens is 280 g/mol. The minimum atomic E-state index is -0.151. The van der Waals surface area contributed by atoms with Gasteiger partial charge in [-0.2, -0.15) is 0 Å². The first-order valence-corrected chi connectivity index (χ1v) is 7.31. The maximum atomic E-state index is 5.84. The monoisotopic (exact) mass is 300 g/mol. The zero-order valence-electron chi connectivity index (χ0n) is 13.1. The van der Waals surface area contributed by atoms with Gasteiger partial charge in [0, 0.05) is 24.0 Å². The molecule has 0 spiro atoms. The predicted octanol–water partition coefficient (Wildman–Crippen LogP) is 1.35. The number of anilines is 2. The number of nitrogens with zero attached hydrogens (tertiary/aromatic N) is 5. The van der Waals surface area contributed by atoms with E-state index in [1.165, 1.54) is 0 Å². The summed E-state index contributed by atoms with van der Waals surface area (Å²) >= 11 is 0. The van der Waals surface area contributed by atoms with Gasteiger partial charge in [0.25, 0.3) is 0 Å². The SMILES string of the molecule is Cc1cc(C)nc(N2CCOC(c3cc(N)nc(C)n3)C2)n1. The molecule has 1 unspecified atom stereocenters. The second-order valence-electron chi connectivity index (χ2n) is 5.52. The molecule has 1 atom stereocenters. The van der Waals surface area contributed by atoms with Crippen LogP contribution in [0.4, 0.5) is 11.8 Å². The number of morpholine rings is 1. The summed E-state index contributed by atoms with van der Waals surface area (Å²) in [6.07, 6.45) is -0.151. The van der Waals surface area contributed by atoms with Gasteiger partial charge in [-0.3, -0.25) is 0 Å². The summed E-state index contributed by atoms with van der Waals surface area (Å²) in [4.78, 5) is 19.7. The zero-order valence-corrected chi connectivity index (χ0v) is 13.1. The molecule has 0 radical (unpaired) electrons. The third-order valence-corrected chi connectivity index (χ3v) is 3.53. The van der Waals surface area contributed by atoms with Crippen LogP contribution in [0.25, 0.3) is 0 Å². The molecule has 1 saturated heterocycles. The molecule has 2 aromatic rings. The lowest BCUT2D eigenvalue weighted by atomic mass is 10.2. The van der Waals surface area contributed by atoms with Crippen LogP contribution in [0.1, 0.15) is 29.0 Å². The minimum Gasteiger partial charge on any atom is -0.384 e. The molecule has 116 valence electrons. The van der Waals surface area contributed by atoms with Gasteiger partial charge in [0.05, 0.1) is 18.8 Å². The van der Waals surface area contributed by atoms with Crippen LogP contribution >= 0.6 is 0 Å². The van der Waals surface area contributed by atoms with Crippen LogP contribution in [0.2, 0.25) is 0 Å². The number of hydrogen-bond donors (Lipinski definition) is 1. The van der Waals surface area contributed by atoms with Gasteiger partial charge < -0.3 is 15.4 Å². The third kappa shape index (κ3) is 3.14. The Kier molecular flexibility index (Phi) is 3.89. The Labute approximate surface area is 129 Å². The van der Waals surface area contributed by atoms with E-state index in [1.54, 1.807) is 6.07 Å². The molecule has 7 nitrogen and oxygen atoms in total. The lowest BCUT2D eigenvalue weighted by Gasteiger charge is -2.33. The standard InChI is InChI=1S/C15H20N6O/c1-9-6-10(2)18-15(17-9)21-4-5-22-13(8-21)12-7-14(16)20-11(3)19-12/h6-7,13H,4-5,8H2,1-3H3,(H2,16,19,20). The smallest absolute Gasteiger partial charge is 0.225 e. The van der Waals surface area contributed by atoms with Gasteiger partial charge in [0.15, 0.2) is 0 Å². The highest BCUT2D eigenvalue weighted by Crippen LogP contribution is 2.24. The first kappa shape index (κ1) is 14.6. The quantitative estimate of drug-likeness (QED) is 0.895. The van der Waals surface area contributed by atoms with Crippen LogP contribution in [0.3, 0.4) is 0 Å². The summed E-state index contributed by atoms with van der Waals surface area (Å²) in [6.45, 7) is 7.80. The number of nitrogen functional groups attached to an aromatic ring is 1. The number of nitrogens with two attached hydrogens (primary N) is 1. The van der Waals surface area contributed by atoms with Crippen molar-refractivity contribution in [2.24, 2.45) is 0 Å². The van der Waals surface area contributed by atoms with E-state index in [0.717, 1.165) is 29.6 Å². The normalized spacial score (nSPS) is 18.5. The molecule has 3 rings (SSSR count). The van der Waals surface area contributed by atoms with Crippen molar-refractivity contribution >= 4 is 11.8 Å². The van der Waals surface area contributed by atoms with Crippen LogP contribution in [0.15, 0.2) is 12.1 Å². The minimum absolute atomic E-state index is 0.151. The van der Waals surface area contributed by atoms with E-state index in [9.17, 15) is 0 Å². The molecule has 0 bridgehead atoms. The zero-order chi connectivity index (χ0) is 15.7. The Morgan fingerprint density at radius 3 is 2.50 bits per heavy atom. The van der Waals surface area contributed by atoms with Crippen molar-refractivity contribution in [1.82, 2.24) is 19.9 Å². The largest absolute Gasteiger partial charge is 0.384 e. The molecule has 2 aromatic heterocycles. The lowest BCUT2D eigenvalue weighted by Crippen LogP contribution is -2.40. The summed E-state index contributed by atoms with van der Waals surface area (Å²) in [5, 5.41) is 0. The van der Waals surface area contributed by atoms with Gasteiger partial charge in [-0.25, -0.2) is 19.9 Å². The van der Waals surface area contributed by atoms with Gasteiger partial charge in [0.1, 0.15) is 17.7 Å². The summed E-state index contributed by atoms with van der Waals surface area (Å²) in [5.74, 6) is 1.86. The summed E-state index contributed by atoms with van der Waals surface area (Å²) in [5.41, 5.74) is 8.54. The van der Waals surface area contributed by atoms with E-state index in [-0.39, 0.29) is 6.10 Å². The van der Waals surface area contributed by atoms with Crippen molar-refractivity contribution in [2.45, 2.75) is 26.9 Å². The van der Waals surface area contributed by atoms with E-state index >= 15 is 0 Å². The number of hydrogen-bond acceptors (Lipinski definition) is 7. The Balaban J connectivity index is 1.84. The molecule has 7 heteroatoms. The van der Waals surface area contributed by atoms with Crippen LogP contribution in [0, 0.1) is 20.8 Å². The Morgan fingerprint density at radius 2 is 1.82 bits per heavy atom.